The van der Waals surface area contributed by atoms with Gasteiger partial charge in [0.2, 0.25) is 0 Å². The SMILES string of the molecule is SCCCC12C3CCC(C3)C1C1CC2C2CCCC21. The Balaban J connectivity index is 1.56. The minimum absolute atomic E-state index is 0.835. The van der Waals surface area contributed by atoms with Crippen LogP contribution in [0.15, 0.2) is 0 Å². The van der Waals surface area contributed by atoms with Gasteiger partial charge >= 0.3 is 0 Å². The maximum Gasteiger partial charge on any atom is -0.00977 e. The molecule has 1 heteroatoms. The van der Waals surface area contributed by atoms with Gasteiger partial charge in [0.15, 0.2) is 0 Å². The molecule has 0 aliphatic heterocycles. The number of thiol groups is 1. The summed E-state index contributed by atoms with van der Waals surface area (Å²) in [6, 6.07) is 0. The van der Waals surface area contributed by atoms with E-state index < -0.39 is 0 Å². The van der Waals surface area contributed by atoms with Crippen molar-refractivity contribution < 1.29 is 0 Å². The second kappa shape index (κ2) is 3.96. The lowest BCUT2D eigenvalue weighted by Gasteiger charge is -2.51. The molecule has 5 aliphatic rings. The van der Waals surface area contributed by atoms with Crippen LogP contribution in [0.3, 0.4) is 0 Å². The van der Waals surface area contributed by atoms with Crippen molar-refractivity contribution in [1.82, 2.24) is 0 Å². The zero-order valence-electron chi connectivity index (χ0n) is 12.1. The zero-order chi connectivity index (χ0) is 12.6. The fraction of sp³-hybridized carbons (Fsp3) is 1.00. The van der Waals surface area contributed by atoms with Gasteiger partial charge in [-0.3, -0.25) is 0 Å². The predicted octanol–water partition coefficient (Wildman–Crippen LogP) is 4.79. The minimum atomic E-state index is 0.835. The van der Waals surface area contributed by atoms with Crippen molar-refractivity contribution in [2.45, 2.75) is 57.8 Å². The van der Waals surface area contributed by atoms with Crippen LogP contribution in [0.2, 0.25) is 0 Å². The van der Waals surface area contributed by atoms with Crippen molar-refractivity contribution in [1.29, 1.82) is 0 Å². The topological polar surface area (TPSA) is 0 Å². The van der Waals surface area contributed by atoms with E-state index in [4.69, 9.17) is 0 Å². The highest BCUT2D eigenvalue weighted by molar-refractivity contribution is 7.80. The largest absolute Gasteiger partial charge is 0.179 e. The number of fused-ring (bicyclic) bond motifs is 12. The van der Waals surface area contributed by atoms with Crippen LogP contribution in [-0.4, -0.2) is 5.75 Å². The Hall–Kier alpha value is 0.350. The fourth-order valence-electron chi connectivity index (χ4n) is 8.50. The highest BCUT2D eigenvalue weighted by atomic mass is 32.1. The second-order valence-corrected chi connectivity index (χ2v) is 8.95. The van der Waals surface area contributed by atoms with E-state index in [1.807, 2.05) is 0 Å². The highest BCUT2D eigenvalue weighted by Crippen LogP contribution is 2.79. The van der Waals surface area contributed by atoms with Crippen LogP contribution in [0, 0.1) is 46.8 Å². The number of hydrogen-bond donors (Lipinski definition) is 1. The molecule has 19 heavy (non-hydrogen) atoms. The molecule has 0 nitrogen and oxygen atoms in total. The van der Waals surface area contributed by atoms with Crippen LogP contribution in [0.5, 0.6) is 0 Å². The van der Waals surface area contributed by atoms with E-state index in [2.05, 4.69) is 12.6 Å². The summed E-state index contributed by atoms with van der Waals surface area (Å²) in [4.78, 5) is 0. The van der Waals surface area contributed by atoms with Gasteiger partial charge in [0.25, 0.3) is 0 Å². The monoisotopic (exact) mass is 276 g/mol. The quantitative estimate of drug-likeness (QED) is 0.556. The predicted molar refractivity (Wildman–Crippen MR) is 82.3 cm³/mol. The Kier molecular flexibility index (Phi) is 2.49. The first-order valence-electron chi connectivity index (χ1n) is 8.97. The average molecular weight is 276 g/mol. The number of hydrogen-bond acceptors (Lipinski definition) is 1. The molecule has 5 rings (SSSR count). The van der Waals surface area contributed by atoms with Crippen LogP contribution in [0.25, 0.3) is 0 Å². The van der Waals surface area contributed by atoms with E-state index >= 15 is 0 Å². The lowest BCUT2D eigenvalue weighted by Crippen LogP contribution is -2.46. The van der Waals surface area contributed by atoms with E-state index in [0.717, 1.165) is 28.9 Å². The molecule has 0 aromatic rings. The van der Waals surface area contributed by atoms with Crippen LogP contribution in [0.4, 0.5) is 0 Å². The fourth-order valence-corrected chi connectivity index (χ4v) is 8.66. The molecule has 5 fully saturated rings. The van der Waals surface area contributed by atoms with Crippen molar-refractivity contribution in [3.8, 4) is 0 Å². The Labute approximate surface area is 123 Å². The van der Waals surface area contributed by atoms with Crippen molar-refractivity contribution in [3.05, 3.63) is 0 Å². The first-order chi connectivity index (χ1) is 9.36. The van der Waals surface area contributed by atoms with Gasteiger partial charge in [-0.1, -0.05) is 6.42 Å². The third-order valence-electron chi connectivity index (χ3n) is 8.50. The first kappa shape index (κ1) is 12.0. The van der Waals surface area contributed by atoms with Gasteiger partial charge in [-0.2, -0.15) is 12.6 Å². The highest BCUT2D eigenvalue weighted by Gasteiger charge is 2.72. The molecule has 0 spiro atoms. The number of rotatable bonds is 3. The molecule has 5 saturated carbocycles. The summed E-state index contributed by atoms with van der Waals surface area (Å²) >= 11 is 4.54. The van der Waals surface area contributed by atoms with Gasteiger partial charge in [0, 0.05) is 0 Å². The summed E-state index contributed by atoms with van der Waals surface area (Å²) in [5.41, 5.74) is 0.835. The molecule has 0 saturated heterocycles. The molecule has 0 aromatic carbocycles. The molecule has 0 aromatic heterocycles. The summed E-state index contributed by atoms with van der Waals surface area (Å²) in [6.07, 6.45) is 14.2. The maximum atomic E-state index is 4.54. The Morgan fingerprint density at radius 1 is 0.947 bits per heavy atom. The molecular formula is C18H28S. The molecular weight excluding hydrogens is 248 g/mol. The van der Waals surface area contributed by atoms with E-state index in [9.17, 15) is 0 Å². The second-order valence-electron chi connectivity index (χ2n) is 8.50. The lowest BCUT2D eigenvalue weighted by molar-refractivity contribution is -0.0362. The molecule has 5 aliphatic carbocycles. The van der Waals surface area contributed by atoms with Crippen molar-refractivity contribution >= 4 is 12.6 Å². The summed E-state index contributed by atoms with van der Waals surface area (Å²) in [5, 5.41) is 0. The third-order valence-corrected chi connectivity index (χ3v) is 8.82. The summed E-state index contributed by atoms with van der Waals surface area (Å²) in [7, 11) is 0. The van der Waals surface area contributed by atoms with E-state index in [-0.39, 0.29) is 0 Å². The maximum absolute atomic E-state index is 4.54. The van der Waals surface area contributed by atoms with Crippen molar-refractivity contribution in [2.75, 3.05) is 5.75 Å². The van der Waals surface area contributed by atoms with Crippen LogP contribution in [0.1, 0.15) is 57.8 Å². The van der Waals surface area contributed by atoms with E-state index in [1.165, 1.54) is 30.1 Å². The molecule has 0 radical (unpaired) electrons. The average Bonchev–Trinajstić information content (AvgIpc) is 3.15. The molecule has 0 amide bonds. The first-order valence-corrected chi connectivity index (χ1v) is 9.60. The van der Waals surface area contributed by atoms with E-state index in [0.29, 0.717) is 0 Å². The summed E-state index contributed by atoms with van der Waals surface area (Å²) in [6.45, 7) is 0. The summed E-state index contributed by atoms with van der Waals surface area (Å²) in [5.74, 6) is 9.27. The minimum Gasteiger partial charge on any atom is -0.179 e. The molecule has 0 N–H and O–H groups in total. The zero-order valence-corrected chi connectivity index (χ0v) is 13.0. The Bertz CT molecular complexity index is 391. The molecule has 0 heterocycles. The Morgan fingerprint density at radius 3 is 2.74 bits per heavy atom. The molecule has 4 bridgehead atoms. The van der Waals surface area contributed by atoms with Crippen molar-refractivity contribution in [3.63, 3.8) is 0 Å². The van der Waals surface area contributed by atoms with Gasteiger partial charge in [0.1, 0.15) is 0 Å². The molecule has 8 atom stereocenters. The van der Waals surface area contributed by atoms with Gasteiger partial charge in [0.05, 0.1) is 0 Å². The normalized spacial score (nSPS) is 60.8. The molecule has 106 valence electrons. The van der Waals surface area contributed by atoms with E-state index in [1.54, 1.807) is 51.4 Å². The van der Waals surface area contributed by atoms with Gasteiger partial charge in [-0.25, -0.2) is 0 Å². The molecule has 8 unspecified atom stereocenters. The van der Waals surface area contributed by atoms with Gasteiger partial charge < -0.3 is 0 Å². The van der Waals surface area contributed by atoms with Crippen LogP contribution >= 0.6 is 12.6 Å². The standard InChI is InChI=1S/C18H28S/c19-8-2-7-18-12-6-5-11(9-12)17(18)15-10-16(18)14-4-1-3-13(14)15/h11-17,19H,1-10H2. The van der Waals surface area contributed by atoms with Gasteiger partial charge in [-0.05, 0) is 104 Å². The van der Waals surface area contributed by atoms with Crippen molar-refractivity contribution in [2.24, 2.45) is 46.8 Å². The van der Waals surface area contributed by atoms with Crippen LogP contribution in [-0.2, 0) is 0 Å². The lowest BCUT2D eigenvalue weighted by atomic mass is 9.53. The third kappa shape index (κ3) is 1.26. The van der Waals surface area contributed by atoms with Gasteiger partial charge in [-0.15, -0.1) is 0 Å². The summed E-state index contributed by atoms with van der Waals surface area (Å²) < 4.78 is 0. The smallest absolute Gasteiger partial charge is 0.00977 e. The van der Waals surface area contributed by atoms with Crippen LogP contribution < -0.4 is 0 Å². The Morgan fingerprint density at radius 2 is 1.84 bits per heavy atom.